The van der Waals surface area contributed by atoms with Gasteiger partial charge >= 0.3 is 5.97 Å². The van der Waals surface area contributed by atoms with Crippen LogP contribution in [0.5, 0.6) is 0 Å². The van der Waals surface area contributed by atoms with E-state index in [-0.39, 0.29) is 12.0 Å². The average molecular weight is 398 g/mol. The molecule has 2 aromatic rings. The third kappa shape index (κ3) is 2.89. The van der Waals surface area contributed by atoms with Crippen molar-refractivity contribution in [3.05, 3.63) is 75.8 Å². The molecule has 128 valence electrons. The molecule has 3 atom stereocenters. The Morgan fingerprint density at radius 3 is 2.80 bits per heavy atom. The second kappa shape index (κ2) is 6.68. The summed E-state index contributed by atoms with van der Waals surface area (Å²) >= 11 is 3.51. The maximum atomic E-state index is 12.4. The van der Waals surface area contributed by atoms with Gasteiger partial charge in [-0.2, -0.15) is 0 Å². The van der Waals surface area contributed by atoms with Gasteiger partial charge in [-0.15, -0.1) is 0 Å². The van der Waals surface area contributed by atoms with Crippen LogP contribution in [-0.4, -0.2) is 12.6 Å². The molecule has 0 aromatic heterocycles. The number of allylic oxidation sites excluding steroid dienone is 2. The van der Waals surface area contributed by atoms with E-state index in [1.165, 1.54) is 11.1 Å². The number of esters is 1. The van der Waals surface area contributed by atoms with E-state index in [0.717, 1.165) is 16.6 Å². The van der Waals surface area contributed by atoms with Crippen LogP contribution in [0.2, 0.25) is 0 Å². The maximum absolute atomic E-state index is 12.4. The van der Waals surface area contributed by atoms with Gasteiger partial charge in [-0.3, -0.25) is 0 Å². The zero-order valence-electron chi connectivity index (χ0n) is 14.0. The molecule has 0 fully saturated rings. The molecule has 0 bridgehead atoms. The maximum Gasteiger partial charge on any atom is 0.340 e. The van der Waals surface area contributed by atoms with Crippen LogP contribution in [0.4, 0.5) is 5.69 Å². The molecule has 1 heterocycles. The van der Waals surface area contributed by atoms with Crippen LogP contribution >= 0.6 is 15.9 Å². The summed E-state index contributed by atoms with van der Waals surface area (Å²) in [6.45, 7) is 2.21. The molecule has 4 heteroatoms. The van der Waals surface area contributed by atoms with Crippen LogP contribution in [0.25, 0.3) is 0 Å². The first-order valence-electron chi connectivity index (χ1n) is 8.67. The molecular weight excluding hydrogens is 378 g/mol. The lowest BCUT2D eigenvalue weighted by Gasteiger charge is -2.38. The highest BCUT2D eigenvalue weighted by molar-refractivity contribution is 9.10. The zero-order valence-corrected chi connectivity index (χ0v) is 15.6. The fourth-order valence-electron chi connectivity index (χ4n) is 4.00. The molecule has 1 aliphatic carbocycles. The highest BCUT2D eigenvalue weighted by Crippen LogP contribution is 2.50. The third-order valence-corrected chi connectivity index (χ3v) is 5.65. The molecule has 3 nitrogen and oxygen atoms in total. The number of para-hydroxylation sites is 1. The van der Waals surface area contributed by atoms with E-state index in [0.29, 0.717) is 24.0 Å². The van der Waals surface area contributed by atoms with Crippen LogP contribution in [-0.2, 0) is 4.74 Å². The summed E-state index contributed by atoms with van der Waals surface area (Å²) in [5.41, 5.74) is 3.98. The van der Waals surface area contributed by atoms with Crippen LogP contribution in [0.3, 0.4) is 0 Å². The van der Waals surface area contributed by atoms with Crippen LogP contribution in [0.1, 0.15) is 46.8 Å². The van der Waals surface area contributed by atoms with Crippen molar-refractivity contribution in [1.29, 1.82) is 0 Å². The van der Waals surface area contributed by atoms with Crippen molar-refractivity contribution in [2.75, 3.05) is 11.9 Å². The fraction of sp³-hybridized carbons (Fsp3) is 0.286. The van der Waals surface area contributed by atoms with Crippen molar-refractivity contribution in [3.63, 3.8) is 0 Å². The van der Waals surface area contributed by atoms with Crippen LogP contribution in [0, 0.1) is 5.92 Å². The topological polar surface area (TPSA) is 38.3 Å². The molecule has 2 aromatic carbocycles. The monoisotopic (exact) mass is 397 g/mol. The number of rotatable bonds is 3. The predicted molar refractivity (Wildman–Crippen MR) is 103 cm³/mol. The first-order valence-corrected chi connectivity index (χ1v) is 9.47. The lowest BCUT2D eigenvalue weighted by atomic mass is 9.76. The SMILES string of the molecule is CCOC(=O)c1cccc2c1N[C@H](c1ccc(Br)cc1)C1CC=CC21. The Kier molecular flexibility index (Phi) is 4.38. The van der Waals surface area contributed by atoms with Crippen molar-refractivity contribution in [2.45, 2.75) is 25.3 Å². The Hall–Kier alpha value is -2.07. The number of hydrogen-bond donors (Lipinski definition) is 1. The van der Waals surface area contributed by atoms with E-state index < -0.39 is 0 Å². The minimum absolute atomic E-state index is 0.177. The van der Waals surface area contributed by atoms with Crippen molar-refractivity contribution in [3.8, 4) is 0 Å². The predicted octanol–water partition coefficient (Wildman–Crippen LogP) is 5.45. The van der Waals surface area contributed by atoms with Gasteiger partial charge in [-0.25, -0.2) is 4.79 Å². The van der Waals surface area contributed by atoms with Crippen molar-refractivity contribution < 1.29 is 9.53 Å². The first-order chi connectivity index (χ1) is 12.2. The molecule has 4 rings (SSSR count). The molecule has 1 N–H and O–H groups in total. The lowest BCUT2D eigenvalue weighted by molar-refractivity contribution is 0.0527. The number of hydrogen-bond acceptors (Lipinski definition) is 3. The summed E-state index contributed by atoms with van der Waals surface area (Å²) in [5, 5.41) is 3.66. The number of halogens is 1. The van der Waals surface area contributed by atoms with Crippen LogP contribution in [0.15, 0.2) is 59.1 Å². The van der Waals surface area contributed by atoms with Gasteiger partial charge in [0.2, 0.25) is 0 Å². The molecule has 0 saturated carbocycles. The Bertz CT molecular complexity index is 828. The molecule has 1 aliphatic heterocycles. The van der Waals surface area contributed by atoms with E-state index in [4.69, 9.17) is 4.74 Å². The van der Waals surface area contributed by atoms with E-state index in [2.05, 4.69) is 63.7 Å². The molecule has 2 unspecified atom stereocenters. The van der Waals surface area contributed by atoms with E-state index in [1.807, 2.05) is 19.1 Å². The summed E-state index contributed by atoms with van der Waals surface area (Å²) in [7, 11) is 0. The van der Waals surface area contributed by atoms with Crippen LogP contribution < -0.4 is 5.32 Å². The molecule has 0 amide bonds. The Labute approximate surface area is 156 Å². The summed E-state index contributed by atoms with van der Waals surface area (Å²) in [5.74, 6) is 0.534. The zero-order chi connectivity index (χ0) is 17.4. The summed E-state index contributed by atoms with van der Waals surface area (Å²) in [4.78, 5) is 12.4. The van der Waals surface area contributed by atoms with Gasteiger partial charge in [0.05, 0.1) is 23.9 Å². The molecule has 2 aliphatic rings. The lowest BCUT2D eigenvalue weighted by Crippen LogP contribution is -2.30. The van der Waals surface area contributed by atoms with Gasteiger partial charge in [-0.05, 0) is 48.6 Å². The number of carbonyl (C=O) groups excluding carboxylic acids is 1. The van der Waals surface area contributed by atoms with Crippen molar-refractivity contribution in [2.24, 2.45) is 5.92 Å². The van der Waals surface area contributed by atoms with Gasteiger partial charge < -0.3 is 10.1 Å². The number of anilines is 1. The minimum Gasteiger partial charge on any atom is -0.462 e. The van der Waals surface area contributed by atoms with E-state index >= 15 is 0 Å². The summed E-state index contributed by atoms with van der Waals surface area (Å²) in [6.07, 6.45) is 5.58. The van der Waals surface area contributed by atoms with Gasteiger partial charge in [0, 0.05) is 10.4 Å². The molecule has 0 saturated heterocycles. The molecule has 25 heavy (non-hydrogen) atoms. The second-order valence-electron chi connectivity index (χ2n) is 6.52. The van der Waals surface area contributed by atoms with Gasteiger partial charge in [0.15, 0.2) is 0 Å². The van der Waals surface area contributed by atoms with Gasteiger partial charge in [0.25, 0.3) is 0 Å². The average Bonchev–Trinajstić information content (AvgIpc) is 3.11. The fourth-order valence-corrected chi connectivity index (χ4v) is 4.26. The Morgan fingerprint density at radius 2 is 2.04 bits per heavy atom. The molecule has 0 radical (unpaired) electrons. The van der Waals surface area contributed by atoms with Crippen molar-refractivity contribution in [1.82, 2.24) is 0 Å². The number of nitrogens with one attached hydrogen (secondary N) is 1. The standard InChI is InChI=1S/C21H20BrNO2/c1-2-25-21(24)18-8-4-7-17-15-5-3-6-16(15)19(23-20(17)18)13-9-11-14(22)12-10-13/h3-5,7-12,15-16,19,23H,2,6H2,1H3/t15?,16?,19-/m1/s1. The Balaban J connectivity index is 1.79. The third-order valence-electron chi connectivity index (χ3n) is 5.12. The number of fused-ring (bicyclic) bond motifs is 3. The van der Waals surface area contributed by atoms with Gasteiger partial charge in [0.1, 0.15) is 0 Å². The highest BCUT2D eigenvalue weighted by Gasteiger charge is 2.39. The number of benzene rings is 2. The highest BCUT2D eigenvalue weighted by atomic mass is 79.9. The molecule has 0 spiro atoms. The van der Waals surface area contributed by atoms with Crippen molar-refractivity contribution >= 4 is 27.6 Å². The van der Waals surface area contributed by atoms with E-state index in [1.54, 1.807) is 0 Å². The van der Waals surface area contributed by atoms with Gasteiger partial charge in [-0.1, -0.05) is 52.3 Å². The number of carbonyl (C=O) groups is 1. The quantitative estimate of drug-likeness (QED) is 0.552. The van der Waals surface area contributed by atoms with E-state index in [9.17, 15) is 4.79 Å². The molecular formula is C21H20BrNO2. The summed E-state index contributed by atoms with van der Waals surface area (Å²) < 4.78 is 6.33. The second-order valence-corrected chi connectivity index (χ2v) is 7.43. The Morgan fingerprint density at radius 1 is 1.24 bits per heavy atom. The largest absolute Gasteiger partial charge is 0.462 e. The normalized spacial score (nSPS) is 23.5. The summed E-state index contributed by atoms with van der Waals surface area (Å²) in [6, 6.07) is 14.5. The number of ether oxygens (including phenoxy) is 1. The smallest absolute Gasteiger partial charge is 0.340 e. The minimum atomic E-state index is -0.262. The first kappa shape index (κ1) is 16.4.